The molecule has 0 saturated carbocycles. The molecule has 0 aliphatic heterocycles. The number of rotatable bonds is 11. The summed E-state index contributed by atoms with van der Waals surface area (Å²) in [5, 5.41) is 17.2. The number of benzene rings is 1. The standard InChI is InChI=1S/C19H22N4O4S3/c1-25-14-9-12(10-15(26-2)17(14)27-3)21-16(24)11-29-19-23-22-18(30-19)20-7-6-13-5-4-8-28-13/h4-5,8-10H,6-7,11H2,1-3H3,(H,20,22)(H,21,24). The van der Waals surface area contributed by atoms with Crippen molar-refractivity contribution >= 4 is 51.2 Å². The second kappa shape index (κ2) is 11.0. The van der Waals surface area contributed by atoms with Crippen LogP contribution in [0.15, 0.2) is 34.0 Å². The van der Waals surface area contributed by atoms with Gasteiger partial charge in [0.05, 0.1) is 27.1 Å². The van der Waals surface area contributed by atoms with Gasteiger partial charge in [-0.3, -0.25) is 4.79 Å². The number of methoxy groups -OCH3 is 3. The molecule has 30 heavy (non-hydrogen) atoms. The molecule has 11 heteroatoms. The van der Waals surface area contributed by atoms with Crippen molar-refractivity contribution in [1.29, 1.82) is 0 Å². The van der Waals surface area contributed by atoms with E-state index in [0.29, 0.717) is 22.9 Å². The predicted octanol–water partition coefficient (Wildman–Crippen LogP) is 4.01. The third kappa shape index (κ3) is 6.00. The summed E-state index contributed by atoms with van der Waals surface area (Å²) >= 11 is 4.50. The largest absolute Gasteiger partial charge is 0.493 e. The van der Waals surface area contributed by atoms with E-state index in [2.05, 4.69) is 32.3 Å². The van der Waals surface area contributed by atoms with Crippen molar-refractivity contribution in [2.45, 2.75) is 10.8 Å². The maximum absolute atomic E-state index is 12.3. The number of carbonyl (C=O) groups excluding carboxylic acids is 1. The summed E-state index contributed by atoms with van der Waals surface area (Å²) in [5.74, 6) is 1.46. The molecule has 0 unspecified atom stereocenters. The van der Waals surface area contributed by atoms with Gasteiger partial charge >= 0.3 is 0 Å². The number of nitrogens with zero attached hydrogens (tertiary/aromatic N) is 2. The minimum absolute atomic E-state index is 0.170. The van der Waals surface area contributed by atoms with Crippen molar-refractivity contribution < 1.29 is 19.0 Å². The van der Waals surface area contributed by atoms with Gasteiger partial charge in [-0.15, -0.1) is 21.5 Å². The Kier molecular flexibility index (Phi) is 8.17. The molecule has 0 spiro atoms. The molecule has 0 saturated heterocycles. The molecule has 160 valence electrons. The highest BCUT2D eigenvalue weighted by molar-refractivity contribution is 8.01. The van der Waals surface area contributed by atoms with E-state index >= 15 is 0 Å². The summed E-state index contributed by atoms with van der Waals surface area (Å²) in [6.45, 7) is 0.793. The van der Waals surface area contributed by atoms with E-state index in [-0.39, 0.29) is 11.7 Å². The van der Waals surface area contributed by atoms with Crippen molar-refractivity contribution in [2.75, 3.05) is 44.3 Å². The minimum Gasteiger partial charge on any atom is -0.493 e. The third-order valence-electron chi connectivity index (χ3n) is 3.91. The van der Waals surface area contributed by atoms with E-state index in [9.17, 15) is 4.79 Å². The first-order valence-electron chi connectivity index (χ1n) is 8.95. The molecule has 0 radical (unpaired) electrons. The summed E-state index contributed by atoms with van der Waals surface area (Å²) in [7, 11) is 4.59. The normalized spacial score (nSPS) is 10.5. The molecule has 2 heterocycles. The number of anilines is 2. The number of aromatic nitrogens is 2. The molecule has 0 aliphatic carbocycles. The highest BCUT2D eigenvalue weighted by Crippen LogP contribution is 2.40. The lowest BCUT2D eigenvalue weighted by atomic mass is 10.2. The second-order valence-electron chi connectivity index (χ2n) is 5.88. The average Bonchev–Trinajstić information content (AvgIpc) is 3.43. The molecule has 0 aliphatic rings. The Balaban J connectivity index is 1.49. The fourth-order valence-corrected chi connectivity index (χ4v) is 4.85. The van der Waals surface area contributed by atoms with Gasteiger partial charge in [-0.2, -0.15) is 0 Å². The summed E-state index contributed by atoms with van der Waals surface area (Å²) in [6.07, 6.45) is 0.941. The van der Waals surface area contributed by atoms with E-state index in [4.69, 9.17) is 14.2 Å². The van der Waals surface area contributed by atoms with Crippen LogP contribution in [0.4, 0.5) is 10.8 Å². The van der Waals surface area contributed by atoms with E-state index < -0.39 is 0 Å². The van der Waals surface area contributed by atoms with Crippen molar-refractivity contribution in [3.8, 4) is 17.2 Å². The molecule has 3 aromatic rings. The summed E-state index contributed by atoms with van der Waals surface area (Å²) in [6, 6.07) is 7.53. The molecular weight excluding hydrogens is 444 g/mol. The van der Waals surface area contributed by atoms with Crippen molar-refractivity contribution in [1.82, 2.24) is 10.2 Å². The number of hydrogen-bond donors (Lipinski definition) is 2. The fourth-order valence-electron chi connectivity index (χ4n) is 2.56. The molecular formula is C19H22N4O4S3. The van der Waals surface area contributed by atoms with Gasteiger partial charge in [0.25, 0.3) is 0 Å². The average molecular weight is 467 g/mol. The molecule has 0 bridgehead atoms. The number of ether oxygens (including phenoxy) is 3. The zero-order valence-corrected chi connectivity index (χ0v) is 19.2. The Morgan fingerprint density at radius 2 is 1.90 bits per heavy atom. The summed E-state index contributed by atoms with van der Waals surface area (Å²) < 4.78 is 16.6. The number of amides is 1. The van der Waals surface area contributed by atoms with Gasteiger partial charge in [-0.25, -0.2) is 0 Å². The Bertz CT molecular complexity index is 938. The first-order chi connectivity index (χ1) is 14.6. The van der Waals surface area contributed by atoms with Gasteiger partial charge in [0.2, 0.25) is 16.8 Å². The molecule has 0 atom stereocenters. The minimum atomic E-state index is -0.170. The highest BCUT2D eigenvalue weighted by atomic mass is 32.2. The lowest BCUT2D eigenvalue weighted by molar-refractivity contribution is -0.113. The Morgan fingerprint density at radius 3 is 2.53 bits per heavy atom. The van der Waals surface area contributed by atoms with Crippen LogP contribution in [0.1, 0.15) is 4.88 Å². The van der Waals surface area contributed by atoms with Gasteiger partial charge in [0.15, 0.2) is 15.8 Å². The highest BCUT2D eigenvalue weighted by Gasteiger charge is 2.15. The zero-order chi connectivity index (χ0) is 21.3. The van der Waals surface area contributed by atoms with Crippen molar-refractivity contribution in [2.24, 2.45) is 0 Å². The molecule has 8 nitrogen and oxygen atoms in total. The van der Waals surface area contributed by atoms with E-state index in [1.807, 2.05) is 6.07 Å². The van der Waals surface area contributed by atoms with Crippen LogP contribution in [0.5, 0.6) is 17.2 Å². The molecule has 1 amide bonds. The summed E-state index contributed by atoms with van der Waals surface area (Å²) in [5.41, 5.74) is 0.559. The van der Waals surface area contributed by atoms with Gasteiger partial charge in [-0.1, -0.05) is 29.2 Å². The van der Waals surface area contributed by atoms with Crippen LogP contribution in [-0.2, 0) is 11.2 Å². The fraction of sp³-hybridized carbons (Fsp3) is 0.316. The van der Waals surface area contributed by atoms with Gasteiger partial charge in [0.1, 0.15) is 0 Å². The van der Waals surface area contributed by atoms with Gasteiger partial charge in [0, 0.05) is 29.2 Å². The summed E-state index contributed by atoms with van der Waals surface area (Å²) in [4.78, 5) is 13.7. The number of nitrogens with one attached hydrogen (secondary N) is 2. The second-order valence-corrected chi connectivity index (χ2v) is 9.11. The van der Waals surface area contributed by atoms with E-state index in [0.717, 1.165) is 22.4 Å². The van der Waals surface area contributed by atoms with Crippen LogP contribution in [0.3, 0.4) is 0 Å². The quantitative estimate of drug-likeness (QED) is 0.409. The molecule has 0 fully saturated rings. The SMILES string of the molecule is COc1cc(NC(=O)CSc2nnc(NCCc3cccs3)s2)cc(OC)c1OC. The molecule has 2 aromatic heterocycles. The van der Waals surface area contributed by atoms with Crippen LogP contribution in [-0.4, -0.2) is 49.7 Å². The van der Waals surface area contributed by atoms with E-state index in [1.165, 1.54) is 49.3 Å². The smallest absolute Gasteiger partial charge is 0.234 e. The molecule has 3 rings (SSSR count). The monoisotopic (exact) mass is 466 g/mol. The number of hydrogen-bond acceptors (Lipinski definition) is 10. The first kappa shape index (κ1) is 22.2. The molecule has 2 N–H and O–H groups in total. The number of thiophene rings is 1. The first-order valence-corrected chi connectivity index (χ1v) is 11.6. The Hall–Kier alpha value is -2.50. The van der Waals surface area contributed by atoms with E-state index in [1.54, 1.807) is 23.5 Å². The number of thioether (sulfide) groups is 1. The zero-order valence-electron chi connectivity index (χ0n) is 16.8. The van der Waals surface area contributed by atoms with Crippen LogP contribution < -0.4 is 24.8 Å². The Labute approximate surface area is 187 Å². The maximum atomic E-state index is 12.3. The van der Waals surface area contributed by atoms with Crippen molar-refractivity contribution in [3.05, 3.63) is 34.5 Å². The molecule has 1 aromatic carbocycles. The van der Waals surface area contributed by atoms with Crippen LogP contribution in [0.25, 0.3) is 0 Å². The van der Waals surface area contributed by atoms with Crippen LogP contribution in [0.2, 0.25) is 0 Å². The van der Waals surface area contributed by atoms with Gasteiger partial charge in [-0.05, 0) is 17.9 Å². The van der Waals surface area contributed by atoms with Crippen molar-refractivity contribution in [3.63, 3.8) is 0 Å². The van der Waals surface area contributed by atoms with Gasteiger partial charge < -0.3 is 24.8 Å². The van der Waals surface area contributed by atoms with Crippen LogP contribution in [0, 0.1) is 0 Å². The Morgan fingerprint density at radius 1 is 1.13 bits per heavy atom. The third-order valence-corrected chi connectivity index (χ3v) is 6.86. The maximum Gasteiger partial charge on any atom is 0.234 e. The lowest BCUT2D eigenvalue weighted by Gasteiger charge is -2.14. The predicted molar refractivity (Wildman–Crippen MR) is 122 cm³/mol. The number of carbonyl (C=O) groups is 1. The lowest BCUT2D eigenvalue weighted by Crippen LogP contribution is -2.14. The topological polar surface area (TPSA) is 94.6 Å². The van der Waals surface area contributed by atoms with Crippen LogP contribution >= 0.6 is 34.4 Å².